The molecule has 3 N–H and O–H groups in total. The zero-order chi connectivity index (χ0) is 12.3. The zero-order valence-corrected chi connectivity index (χ0v) is 10.3. The van der Waals surface area contributed by atoms with Crippen LogP contribution in [-0.2, 0) is 0 Å². The number of alkyl halides is 1. The van der Waals surface area contributed by atoms with Crippen molar-refractivity contribution in [3.8, 4) is 5.75 Å². The summed E-state index contributed by atoms with van der Waals surface area (Å²) in [5.74, 6) is -3.35. The van der Waals surface area contributed by atoms with E-state index in [1.54, 1.807) is 0 Å². The Bertz CT molecular complexity index is 392. The molecule has 0 bridgehead atoms. The highest BCUT2D eigenvalue weighted by Crippen LogP contribution is 2.33. The van der Waals surface area contributed by atoms with E-state index >= 15 is 0 Å². The quantitative estimate of drug-likeness (QED) is 0.454. The standard InChI is InChI=1S/C9H9BrClF2NO2/c10-5-1-6(14-3-4(15)2-11)9(16)8(13)7(5)12/h1,4,14-16H,2-3H2. The molecule has 90 valence electrons. The fourth-order valence-electron chi connectivity index (χ4n) is 1.00. The summed E-state index contributed by atoms with van der Waals surface area (Å²) in [6, 6.07) is 1.18. The molecule has 16 heavy (non-hydrogen) atoms. The molecule has 0 fully saturated rings. The minimum absolute atomic E-state index is 0.00138. The van der Waals surface area contributed by atoms with Crippen LogP contribution in [0.2, 0.25) is 0 Å². The van der Waals surface area contributed by atoms with Gasteiger partial charge in [-0.3, -0.25) is 0 Å². The molecule has 0 aromatic heterocycles. The molecule has 0 spiro atoms. The lowest BCUT2D eigenvalue weighted by molar-refractivity contribution is 0.211. The van der Waals surface area contributed by atoms with Gasteiger partial charge in [0, 0.05) is 6.54 Å². The summed E-state index contributed by atoms with van der Waals surface area (Å²) in [7, 11) is 0. The Hall–Kier alpha value is -0.590. The molecule has 0 aliphatic rings. The highest BCUT2D eigenvalue weighted by atomic mass is 79.9. The van der Waals surface area contributed by atoms with Crippen LogP contribution in [0.4, 0.5) is 14.5 Å². The van der Waals surface area contributed by atoms with E-state index in [-0.39, 0.29) is 22.6 Å². The zero-order valence-electron chi connectivity index (χ0n) is 7.98. The van der Waals surface area contributed by atoms with Gasteiger partial charge in [-0.1, -0.05) is 0 Å². The van der Waals surface area contributed by atoms with Gasteiger partial charge >= 0.3 is 0 Å². The van der Waals surface area contributed by atoms with E-state index in [2.05, 4.69) is 21.2 Å². The van der Waals surface area contributed by atoms with Crippen LogP contribution in [0, 0.1) is 11.6 Å². The lowest BCUT2D eigenvalue weighted by Crippen LogP contribution is -2.21. The minimum Gasteiger partial charge on any atom is -0.503 e. The van der Waals surface area contributed by atoms with Crippen molar-refractivity contribution < 1.29 is 19.0 Å². The van der Waals surface area contributed by atoms with Crippen LogP contribution in [0.25, 0.3) is 0 Å². The molecule has 1 aromatic rings. The molecule has 1 unspecified atom stereocenters. The largest absolute Gasteiger partial charge is 0.503 e. The Morgan fingerprint density at radius 2 is 2.06 bits per heavy atom. The van der Waals surface area contributed by atoms with Gasteiger partial charge in [0.1, 0.15) is 0 Å². The van der Waals surface area contributed by atoms with Gasteiger partial charge in [0.2, 0.25) is 5.82 Å². The van der Waals surface area contributed by atoms with E-state index in [4.69, 9.17) is 16.7 Å². The Kier molecular flexibility index (Phi) is 4.76. The van der Waals surface area contributed by atoms with Gasteiger partial charge in [-0.25, -0.2) is 4.39 Å². The maximum absolute atomic E-state index is 13.1. The molecule has 0 radical (unpaired) electrons. The van der Waals surface area contributed by atoms with E-state index in [1.165, 1.54) is 6.07 Å². The van der Waals surface area contributed by atoms with Crippen molar-refractivity contribution >= 4 is 33.2 Å². The first-order chi connectivity index (χ1) is 7.47. The predicted molar refractivity (Wildman–Crippen MR) is 60.9 cm³/mol. The van der Waals surface area contributed by atoms with Crippen molar-refractivity contribution in [2.24, 2.45) is 0 Å². The smallest absolute Gasteiger partial charge is 0.203 e. The number of benzene rings is 1. The molecular weight excluding hydrogens is 307 g/mol. The Morgan fingerprint density at radius 1 is 1.44 bits per heavy atom. The topological polar surface area (TPSA) is 52.5 Å². The highest BCUT2D eigenvalue weighted by molar-refractivity contribution is 9.10. The van der Waals surface area contributed by atoms with Crippen LogP contribution >= 0.6 is 27.5 Å². The Labute approximate surface area is 104 Å². The summed E-state index contributed by atoms with van der Waals surface area (Å²) in [5.41, 5.74) is -0.0186. The fraction of sp³-hybridized carbons (Fsp3) is 0.333. The monoisotopic (exact) mass is 315 g/mol. The van der Waals surface area contributed by atoms with E-state index in [1.807, 2.05) is 0 Å². The van der Waals surface area contributed by atoms with Gasteiger partial charge in [-0.2, -0.15) is 4.39 Å². The molecule has 0 aliphatic carbocycles. The molecule has 1 atom stereocenters. The number of halogens is 4. The Morgan fingerprint density at radius 3 is 2.62 bits per heavy atom. The number of anilines is 1. The molecule has 0 amide bonds. The Balaban J connectivity index is 2.89. The van der Waals surface area contributed by atoms with Crippen LogP contribution in [0.3, 0.4) is 0 Å². The van der Waals surface area contributed by atoms with Crippen molar-refractivity contribution in [1.82, 2.24) is 0 Å². The number of nitrogens with one attached hydrogen (secondary N) is 1. The summed E-state index contributed by atoms with van der Waals surface area (Å²) in [5, 5.41) is 21.0. The van der Waals surface area contributed by atoms with Gasteiger partial charge in [-0.15, -0.1) is 11.6 Å². The van der Waals surface area contributed by atoms with Crippen LogP contribution < -0.4 is 5.32 Å². The first-order valence-corrected chi connectivity index (χ1v) is 5.64. The first kappa shape index (κ1) is 13.5. The summed E-state index contributed by atoms with van der Waals surface area (Å²) < 4.78 is 25.9. The molecule has 1 aromatic carbocycles. The number of aliphatic hydroxyl groups is 1. The minimum atomic E-state index is -1.35. The average molecular weight is 317 g/mol. The van der Waals surface area contributed by atoms with Crippen molar-refractivity contribution in [1.29, 1.82) is 0 Å². The van der Waals surface area contributed by atoms with Crippen molar-refractivity contribution in [2.45, 2.75) is 6.10 Å². The van der Waals surface area contributed by atoms with Gasteiger partial charge < -0.3 is 15.5 Å². The number of phenolic OH excluding ortho intramolecular Hbond substituents is 1. The summed E-state index contributed by atoms with van der Waals surface area (Å²) in [6.07, 6.45) is -0.840. The van der Waals surface area contributed by atoms with E-state index < -0.39 is 23.5 Å². The molecule has 7 heteroatoms. The second kappa shape index (κ2) is 5.65. The summed E-state index contributed by atoms with van der Waals surface area (Å²) in [4.78, 5) is 0. The van der Waals surface area contributed by atoms with Gasteiger partial charge in [0.15, 0.2) is 11.6 Å². The normalized spacial score (nSPS) is 12.6. The third-order valence-corrected chi connectivity index (χ3v) is 2.78. The van der Waals surface area contributed by atoms with Crippen LogP contribution in [0.5, 0.6) is 5.75 Å². The maximum Gasteiger partial charge on any atom is 0.203 e. The van der Waals surface area contributed by atoms with E-state index in [0.29, 0.717) is 0 Å². The second-order valence-electron chi connectivity index (χ2n) is 3.07. The van der Waals surface area contributed by atoms with Gasteiger partial charge in [0.25, 0.3) is 0 Å². The van der Waals surface area contributed by atoms with Crippen LogP contribution in [-0.4, -0.2) is 28.7 Å². The van der Waals surface area contributed by atoms with Gasteiger partial charge in [-0.05, 0) is 22.0 Å². The number of phenols is 1. The number of hydrogen-bond donors (Lipinski definition) is 3. The number of rotatable bonds is 4. The van der Waals surface area contributed by atoms with Crippen molar-refractivity contribution in [2.75, 3.05) is 17.7 Å². The predicted octanol–water partition coefficient (Wildman–Crippen LogP) is 2.44. The molecule has 1 rings (SSSR count). The first-order valence-electron chi connectivity index (χ1n) is 4.31. The van der Waals surface area contributed by atoms with Crippen LogP contribution in [0.1, 0.15) is 0 Å². The van der Waals surface area contributed by atoms with Crippen LogP contribution in [0.15, 0.2) is 10.5 Å². The number of aromatic hydroxyl groups is 1. The molecule has 0 saturated carbocycles. The lowest BCUT2D eigenvalue weighted by Gasteiger charge is -2.12. The van der Waals surface area contributed by atoms with E-state index in [0.717, 1.165) is 0 Å². The number of aliphatic hydroxyl groups excluding tert-OH is 1. The number of hydrogen-bond acceptors (Lipinski definition) is 3. The summed E-state index contributed by atoms with van der Waals surface area (Å²) >= 11 is 8.15. The van der Waals surface area contributed by atoms with Gasteiger partial charge in [0.05, 0.1) is 22.1 Å². The third kappa shape index (κ3) is 2.96. The molecular formula is C9H9BrClF2NO2. The average Bonchev–Trinajstić information content (AvgIpc) is 2.28. The SMILES string of the molecule is Oc1c(NCC(O)CCl)cc(Br)c(F)c1F. The summed E-state index contributed by atoms with van der Waals surface area (Å²) in [6.45, 7) is 0.0224. The fourth-order valence-corrected chi connectivity index (χ4v) is 1.51. The third-order valence-electron chi connectivity index (χ3n) is 1.84. The maximum atomic E-state index is 13.1. The molecule has 3 nitrogen and oxygen atoms in total. The highest BCUT2D eigenvalue weighted by Gasteiger charge is 2.16. The van der Waals surface area contributed by atoms with Crippen molar-refractivity contribution in [3.63, 3.8) is 0 Å². The molecule has 0 saturated heterocycles. The van der Waals surface area contributed by atoms with E-state index in [9.17, 15) is 13.9 Å². The lowest BCUT2D eigenvalue weighted by atomic mass is 10.2. The molecule has 0 heterocycles. The van der Waals surface area contributed by atoms with Crippen molar-refractivity contribution in [3.05, 3.63) is 22.2 Å². The molecule has 0 aliphatic heterocycles. The second-order valence-corrected chi connectivity index (χ2v) is 4.23.